The number of amides is 1. The summed E-state index contributed by atoms with van der Waals surface area (Å²) in [6, 6.07) is 5.91. The number of benzene rings is 1. The largest absolute Gasteiger partial charge is 0.493 e. The van der Waals surface area contributed by atoms with Crippen LogP contribution >= 0.6 is 0 Å². The highest BCUT2D eigenvalue weighted by atomic mass is 19.1. The van der Waals surface area contributed by atoms with Crippen molar-refractivity contribution in [3.05, 3.63) is 42.0 Å². The molecule has 0 bridgehead atoms. The lowest BCUT2D eigenvalue weighted by atomic mass is 10.3. The van der Waals surface area contributed by atoms with E-state index in [1.807, 2.05) is 7.05 Å². The third-order valence-corrected chi connectivity index (χ3v) is 3.98. The van der Waals surface area contributed by atoms with E-state index in [-0.39, 0.29) is 17.4 Å². The average molecular weight is 318 g/mol. The standard InChI is InChI=1S/C16H19FN4O2/c1-19-7-9-20(10-8-19)16(22)15-14(23-2)11-21(18-15)13-5-3-12(17)4-6-13/h3-6,11H,7-10H2,1-2H3. The molecule has 1 saturated heterocycles. The molecule has 1 fully saturated rings. The van der Waals surface area contributed by atoms with Crippen LogP contribution in [0, 0.1) is 5.82 Å². The first kappa shape index (κ1) is 15.5. The maximum Gasteiger partial charge on any atom is 0.278 e. The Labute approximate surface area is 134 Å². The van der Waals surface area contributed by atoms with Gasteiger partial charge in [-0.05, 0) is 31.3 Å². The van der Waals surface area contributed by atoms with Crippen molar-refractivity contribution in [2.75, 3.05) is 40.3 Å². The van der Waals surface area contributed by atoms with Gasteiger partial charge in [0.25, 0.3) is 5.91 Å². The Kier molecular flexibility index (Phi) is 4.29. The summed E-state index contributed by atoms with van der Waals surface area (Å²) in [5, 5.41) is 4.34. The van der Waals surface area contributed by atoms with Gasteiger partial charge in [-0.2, -0.15) is 5.10 Å². The van der Waals surface area contributed by atoms with E-state index in [0.29, 0.717) is 24.5 Å². The molecule has 1 aromatic carbocycles. The molecule has 6 nitrogen and oxygen atoms in total. The van der Waals surface area contributed by atoms with Crippen LogP contribution in [-0.2, 0) is 0 Å². The number of piperazine rings is 1. The zero-order valence-electron chi connectivity index (χ0n) is 13.2. The minimum Gasteiger partial charge on any atom is -0.493 e. The van der Waals surface area contributed by atoms with Gasteiger partial charge in [0.2, 0.25) is 0 Å². The summed E-state index contributed by atoms with van der Waals surface area (Å²) in [5.41, 5.74) is 0.948. The summed E-state index contributed by atoms with van der Waals surface area (Å²) in [7, 11) is 3.54. The highest BCUT2D eigenvalue weighted by molar-refractivity contribution is 5.95. The van der Waals surface area contributed by atoms with Crippen molar-refractivity contribution in [2.45, 2.75) is 0 Å². The van der Waals surface area contributed by atoms with Crippen LogP contribution in [0.2, 0.25) is 0 Å². The Hall–Kier alpha value is -2.41. The van der Waals surface area contributed by atoms with Crippen LogP contribution in [0.4, 0.5) is 4.39 Å². The van der Waals surface area contributed by atoms with Gasteiger partial charge in [0, 0.05) is 26.2 Å². The van der Waals surface area contributed by atoms with Crippen molar-refractivity contribution in [1.82, 2.24) is 19.6 Å². The van der Waals surface area contributed by atoms with Crippen LogP contribution in [0.5, 0.6) is 5.75 Å². The molecule has 1 aromatic heterocycles. The highest BCUT2D eigenvalue weighted by Crippen LogP contribution is 2.21. The number of nitrogens with zero attached hydrogens (tertiary/aromatic N) is 4. The van der Waals surface area contributed by atoms with Gasteiger partial charge in [0.15, 0.2) is 11.4 Å². The summed E-state index contributed by atoms with van der Waals surface area (Å²) < 4.78 is 19.9. The minimum atomic E-state index is -0.318. The number of carbonyl (C=O) groups is 1. The number of halogens is 1. The van der Waals surface area contributed by atoms with E-state index >= 15 is 0 Å². The molecule has 0 aliphatic carbocycles. The van der Waals surface area contributed by atoms with E-state index < -0.39 is 0 Å². The normalized spacial score (nSPS) is 15.7. The Balaban J connectivity index is 1.87. The van der Waals surface area contributed by atoms with Crippen LogP contribution < -0.4 is 4.74 Å². The molecule has 0 spiro atoms. The van der Waals surface area contributed by atoms with E-state index in [1.165, 1.54) is 23.9 Å². The summed E-state index contributed by atoms with van der Waals surface area (Å²) in [6.07, 6.45) is 1.64. The maximum absolute atomic E-state index is 13.0. The number of likely N-dealkylation sites (N-methyl/N-ethyl adjacent to an activating group) is 1. The molecule has 1 amide bonds. The monoisotopic (exact) mass is 318 g/mol. The van der Waals surface area contributed by atoms with Crippen molar-refractivity contribution < 1.29 is 13.9 Å². The Bertz CT molecular complexity index is 691. The minimum absolute atomic E-state index is 0.143. The van der Waals surface area contributed by atoms with Crippen LogP contribution in [0.1, 0.15) is 10.5 Å². The second-order valence-corrected chi connectivity index (χ2v) is 5.56. The Morgan fingerprint density at radius 2 is 1.83 bits per heavy atom. The van der Waals surface area contributed by atoms with Crippen molar-refractivity contribution >= 4 is 5.91 Å². The van der Waals surface area contributed by atoms with E-state index in [9.17, 15) is 9.18 Å². The van der Waals surface area contributed by atoms with Gasteiger partial charge >= 0.3 is 0 Å². The highest BCUT2D eigenvalue weighted by Gasteiger charge is 2.26. The van der Waals surface area contributed by atoms with Gasteiger partial charge in [-0.15, -0.1) is 0 Å². The zero-order valence-corrected chi connectivity index (χ0v) is 13.2. The number of rotatable bonds is 3. The molecular weight excluding hydrogens is 299 g/mol. The fourth-order valence-corrected chi connectivity index (χ4v) is 2.54. The number of methoxy groups -OCH3 is 1. The predicted octanol–water partition coefficient (Wildman–Crippen LogP) is 1.41. The Morgan fingerprint density at radius 1 is 1.17 bits per heavy atom. The van der Waals surface area contributed by atoms with Crippen LogP contribution in [0.15, 0.2) is 30.5 Å². The number of ether oxygens (including phenoxy) is 1. The molecule has 0 N–H and O–H groups in total. The van der Waals surface area contributed by atoms with Gasteiger partial charge in [-0.3, -0.25) is 4.79 Å². The van der Waals surface area contributed by atoms with Gasteiger partial charge in [-0.25, -0.2) is 9.07 Å². The SMILES string of the molecule is COc1cn(-c2ccc(F)cc2)nc1C(=O)N1CCN(C)CC1. The zero-order chi connectivity index (χ0) is 16.4. The average Bonchev–Trinajstić information content (AvgIpc) is 3.00. The van der Waals surface area contributed by atoms with Gasteiger partial charge in [0.05, 0.1) is 19.0 Å². The first-order valence-corrected chi connectivity index (χ1v) is 7.46. The lowest BCUT2D eigenvalue weighted by Crippen LogP contribution is -2.47. The van der Waals surface area contributed by atoms with Gasteiger partial charge < -0.3 is 14.5 Å². The number of hydrogen-bond acceptors (Lipinski definition) is 4. The molecule has 0 unspecified atom stereocenters. The van der Waals surface area contributed by atoms with Crippen molar-refractivity contribution in [1.29, 1.82) is 0 Å². The Morgan fingerprint density at radius 3 is 2.43 bits per heavy atom. The maximum atomic E-state index is 13.0. The van der Waals surface area contributed by atoms with E-state index in [1.54, 1.807) is 23.2 Å². The van der Waals surface area contributed by atoms with Crippen LogP contribution in [-0.4, -0.2) is 65.8 Å². The van der Waals surface area contributed by atoms with E-state index in [4.69, 9.17) is 4.74 Å². The molecule has 1 aliphatic rings. The second-order valence-electron chi connectivity index (χ2n) is 5.56. The lowest BCUT2D eigenvalue weighted by Gasteiger charge is -2.32. The second kappa shape index (κ2) is 6.37. The topological polar surface area (TPSA) is 50.6 Å². The quantitative estimate of drug-likeness (QED) is 0.858. The van der Waals surface area contributed by atoms with Gasteiger partial charge in [-0.1, -0.05) is 0 Å². The smallest absolute Gasteiger partial charge is 0.278 e. The summed E-state index contributed by atoms with van der Waals surface area (Å²) >= 11 is 0. The molecule has 0 radical (unpaired) electrons. The molecule has 2 heterocycles. The first-order valence-electron chi connectivity index (χ1n) is 7.46. The molecule has 23 heavy (non-hydrogen) atoms. The number of hydrogen-bond donors (Lipinski definition) is 0. The van der Waals surface area contributed by atoms with Crippen molar-refractivity contribution in [3.8, 4) is 11.4 Å². The van der Waals surface area contributed by atoms with Crippen molar-refractivity contribution in [3.63, 3.8) is 0 Å². The first-order chi connectivity index (χ1) is 11.1. The van der Waals surface area contributed by atoms with E-state index in [0.717, 1.165) is 13.1 Å². The molecule has 0 atom stereocenters. The lowest BCUT2D eigenvalue weighted by molar-refractivity contribution is 0.0654. The fraction of sp³-hybridized carbons (Fsp3) is 0.375. The molecule has 1 aliphatic heterocycles. The summed E-state index contributed by atoms with van der Waals surface area (Å²) in [6.45, 7) is 3.02. The molecular formula is C16H19FN4O2. The summed E-state index contributed by atoms with van der Waals surface area (Å²) in [4.78, 5) is 16.6. The number of carbonyl (C=O) groups excluding carboxylic acids is 1. The molecule has 2 aromatic rings. The summed E-state index contributed by atoms with van der Waals surface area (Å²) in [5.74, 6) is -0.0457. The third-order valence-electron chi connectivity index (χ3n) is 3.98. The molecule has 122 valence electrons. The van der Waals surface area contributed by atoms with E-state index in [2.05, 4.69) is 10.00 Å². The van der Waals surface area contributed by atoms with Crippen LogP contribution in [0.3, 0.4) is 0 Å². The number of aromatic nitrogens is 2. The predicted molar refractivity (Wildman–Crippen MR) is 83.5 cm³/mol. The van der Waals surface area contributed by atoms with Crippen LogP contribution in [0.25, 0.3) is 5.69 Å². The third kappa shape index (κ3) is 3.19. The molecule has 0 saturated carbocycles. The van der Waals surface area contributed by atoms with Gasteiger partial charge in [0.1, 0.15) is 5.82 Å². The van der Waals surface area contributed by atoms with Crippen molar-refractivity contribution in [2.24, 2.45) is 0 Å². The fourth-order valence-electron chi connectivity index (χ4n) is 2.54. The molecule has 3 rings (SSSR count). The molecule has 7 heteroatoms.